The highest BCUT2D eigenvalue weighted by Gasteiger charge is 2.15. The standard InChI is InChI=1S/C16H27NO/c1-6-14-9-8-10-15(11-14)18-13(3)12-17-16(4,5)7-2/h8-11,13,17H,6-7,12H2,1-5H3. The van der Waals surface area contributed by atoms with Crippen LogP contribution in [0.5, 0.6) is 5.75 Å². The van der Waals surface area contributed by atoms with Crippen LogP contribution >= 0.6 is 0 Å². The molecular weight excluding hydrogens is 222 g/mol. The van der Waals surface area contributed by atoms with E-state index in [1.165, 1.54) is 5.56 Å². The van der Waals surface area contributed by atoms with Gasteiger partial charge in [-0.05, 0) is 51.3 Å². The zero-order chi connectivity index (χ0) is 13.6. The number of nitrogens with one attached hydrogen (secondary N) is 1. The number of aryl methyl sites for hydroxylation is 1. The van der Waals surface area contributed by atoms with Gasteiger partial charge in [-0.3, -0.25) is 0 Å². The van der Waals surface area contributed by atoms with Gasteiger partial charge in [-0.2, -0.15) is 0 Å². The molecule has 1 unspecified atom stereocenters. The highest BCUT2D eigenvalue weighted by Crippen LogP contribution is 2.15. The number of hydrogen-bond acceptors (Lipinski definition) is 2. The molecule has 2 nitrogen and oxygen atoms in total. The van der Waals surface area contributed by atoms with Crippen molar-refractivity contribution in [2.24, 2.45) is 0 Å². The summed E-state index contributed by atoms with van der Waals surface area (Å²) in [5.74, 6) is 0.970. The summed E-state index contributed by atoms with van der Waals surface area (Å²) in [6.45, 7) is 11.8. The van der Waals surface area contributed by atoms with Gasteiger partial charge in [0.25, 0.3) is 0 Å². The maximum Gasteiger partial charge on any atom is 0.120 e. The number of hydrogen-bond donors (Lipinski definition) is 1. The fourth-order valence-corrected chi connectivity index (χ4v) is 1.66. The second kappa shape index (κ2) is 6.79. The zero-order valence-electron chi connectivity index (χ0n) is 12.4. The normalized spacial score (nSPS) is 13.4. The molecule has 0 fully saturated rings. The third-order valence-corrected chi connectivity index (χ3v) is 3.40. The minimum atomic E-state index is 0.183. The second-order valence-corrected chi connectivity index (χ2v) is 5.55. The smallest absolute Gasteiger partial charge is 0.120 e. The van der Waals surface area contributed by atoms with Gasteiger partial charge in [0.2, 0.25) is 0 Å². The molecule has 0 aromatic heterocycles. The van der Waals surface area contributed by atoms with Crippen molar-refractivity contribution in [2.75, 3.05) is 6.54 Å². The molecule has 0 saturated heterocycles. The molecule has 1 aromatic carbocycles. The molecule has 0 amide bonds. The van der Waals surface area contributed by atoms with Gasteiger partial charge < -0.3 is 10.1 Å². The molecule has 0 bridgehead atoms. The first-order chi connectivity index (χ1) is 8.46. The lowest BCUT2D eigenvalue weighted by Crippen LogP contribution is -2.43. The molecule has 2 heteroatoms. The lowest BCUT2D eigenvalue weighted by atomic mass is 10.0. The Morgan fingerprint density at radius 3 is 2.61 bits per heavy atom. The van der Waals surface area contributed by atoms with Crippen LogP contribution in [0.15, 0.2) is 24.3 Å². The van der Waals surface area contributed by atoms with E-state index in [0.717, 1.165) is 25.1 Å². The van der Waals surface area contributed by atoms with Gasteiger partial charge in [0, 0.05) is 12.1 Å². The van der Waals surface area contributed by atoms with Gasteiger partial charge in [-0.15, -0.1) is 0 Å². The van der Waals surface area contributed by atoms with Crippen molar-refractivity contribution < 1.29 is 4.74 Å². The predicted molar refractivity (Wildman–Crippen MR) is 78.3 cm³/mol. The number of benzene rings is 1. The van der Waals surface area contributed by atoms with Crippen LogP contribution < -0.4 is 10.1 Å². The lowest BCUT2D eigenvalue weighted by molar-refractivity contribution is 0.199. The molecular formula is C16H27NO. The van der Waals surface area contributed by atoms with E-state index in [4.69, 9.17) is 4.74 Å². The Labute approximate surface area is 112 Å². The average Bonchev–Trinajstić information content (AvgIpc) is 2.37. The van der Waals surface area contributed by atoms with Crippen LogP contribution in [0.4, 0.5) is 0 Å². The fourth-order valence-electron chi connectivity index (χ4n) is 1.66. The Hall–Kier alpha value is -1.02. The molecule has 1 atom stereocenters. The third-order valence-electron chi connectivity index (χ3n) is 3.40. The van der Waals surface area contributed by atoms with Crippen molar-refractivity contribution >= 4 is 0 Å². The minimum Gasteiger partial charge on any atom is -0.489 e. The first kappa shape index (κ1) is 15.0. The average molecular weight is 249 g/mol. The van der Waals surface area contributed by atoms with E-state index in [1.807, 2.05) is 6.07 Å². The van der Waals surface area contributed by atoms with Gasteiger partial charge >= 0.3 is 0 Å². The van der Waals surface area contributed by atoms with Crippen LogP contribution in [-0.2, 0) is 6.42 Å². The monoisotopic (exact) mass is 249 g/mol. The van der Waals surface area contributed by atoms with Crippen molar-refractivity contribution in [3.63, 3.8) is 0 Å². The Morgan fingerprint density at radius 1 is 1.28 bits per heavy atom. The molecule has 0 spiro atoms. The van der Waals surface area contributed by atoms with E-state index in [-0.39, 0.29) is 11.6 Å². The van der Waals surface area contributed by atoms with E-state index < -0.39 is 0 Å². The molecule has 1 N–H and O–H groups in total. The van der Waals surface area contributed by atoms with E-state index in [1.54, 1.807) is 0 Å². The fraction of sp³-hybridized carbons (Fsp3) is 0.625. The Balaban J connectivity index is 2.46. The van der Waals surface area contributed by atoms with Crippen LogP contribution in [0.3, 0.4) is 0 Å². The third kappa shape index (κ3) is 5.09. The van der Waals surface area contributed by atoms with E-state index in [9.17, 15) is 0 Å². The SMILES string of the molecule is CCc1cccc(OC(C)CNC(C)(C)CC)c1. The van der Waals surface area contributed by atoms with Crippen LogP contribution in [0.25, 0.3) is 0 Å². The zero-order valence-corrected chi connectivity index (χ0v) is 12.4. The van der Waals surface area contributed by atoms with E-state index in [0.29, 0.717) is 0 Å². The molecule has 0 heterocycles. The Morgan fingerprint density at radius 2 is 2.00 bits per heavy atom. The van der Waals surface area contributed by atoms with Gasteiger partial charge in [-0.1, -0.05) is 26.0 Å². The highest BCUT2D eigenvalue weighted by atomic mass is 16.5. The van der Waals surface area contributed by atoms with Crippen LogP contribution in [-0.4, -0.2) is 18.2 Å². The topological polar surface area (TPSA) is 21.3 Å². The van der Waals surface area contributed by atoms with Crippen LogP contribution in [0, 0.1) is 0 Å². The maximum atomic E-state index is 5.93. The summed E-state index contributed by atoms with van der Waals surface area (Å²) in [7, 11) is 0. The molecule has 0 radical (unpaired) electrons. The Kier molecular flexibility index (Phi) is 5.67. The summed E-state index contributed by atoms with van der Waals surface area (Å²) >= 11 is 0. The molecule has 1 aromatic rings. The van der Waals surface area contributed by atoms with Gasteiger partial charge in [-0.25, -0.2) is 0 Å². The molecule has 0 aliphatic heterocycles. The quantitative estimate of drug-likeness (QED) is 0.793. The predicted octanol–water partition coefficient (Wildman–Crippen LogP) is 3.79. The lowest BCUT2D eigenvalue weighted by Gasteiger charge is -2.27. The summed E-state index contributed by atoms with van der Waals surface area (Å²) in [4.78, 5) is 0. The first-order valence-corrected chi connectivity index (χ1v) is 6.97. The van der Waals surface area contributed by atoms with E-state index >= 15 is 0 Å². The summed E-state index contributed by atoms with van der Waals surface area (Å²) in [6.07, 6.45) is 2.35. The van der Waals surface area contributed by atoms with Gasteiger partial charge in [0.1, 0.15) is 11.9 Å². The summed E-state index contributed by atoms with van der Waals surface area (Å²) < 4.78 is 5.93. The largest absolute Gasteiger partial charge is 0.489 e. The first-order valence-electron chi connectivity index (χ1n) is 6.97. The van der Waals surface area contributed by atoms with Gasteiger partial charge in [0.05, 0.1) is 0 Å². The highest BCUT2D eigenvalue weighted by molar-refractivity contribution is 5.28. The molecule has 1 rings (SSSR count). The molecule has 0 saturated carbocycles. The van der Waals surface area contributed by atoms with Crippen molar-refractivity contribution in [3.05, 3.63) is 29.8 Å². The summed E-state index contributed by atoms with van der Waals surface area (Å²) in [5.41, 5.74) is 1.50. The van der Waals surface area contributed by atoms with Crippen LogP contribution in [0.2, 0.25) is 0 Å². The van der Waals surface area contributed by atoms with E-state index in [2.05, 4.69) is 58.1 Å². The molecule has 102 valence electrons. The summed E-state index contributed by atoms with van der Waals surface area (Å²) in [6, 6.07) is 8.35. The summed E-state index contributed by atoms with van der Waals surface area (Å²) in [5, 5.41) is 3.53. The van der Waals surface area contributed by atoms with Crippen LogP contribution in [0.1, 0.15) is 46.6 Å². The van der Waals surface area contributed by atoms with Crippen molar-refractivity contribution in [1.82, 2.24) is 5.32 Å². The molecule has 18 heavy (non-hydrogen) atoms. The molecule has 0 aliphatic rings. The minimum absolute atomic E-state index is 0.183. The van der Waals surface area contributed by atoms with Crippen molar-refractivity contribution in [1.29, 1.82) is 0 Å². The number of rotatable bonds is 7. The number of ether oxygens (including phenoxy) is 1. The Bertz CT molecular complexity index is 360. The second-order valence-electron chi connectivity index (χ2n) is 5.55. The van der Waals surface area contributed by atoms with Crippen molar-refractivity contribution in [2.45, 2.75) is 59.1 Å². The molecule has 0 aliphatic carbocycles. The van der Waals surface area contributed by atoms with Gasteiger partial charge in [0.15, 0.2) is 0 Å². The van der Waals surface area contributed by atoms with Crippen molar-refractivity contribution in [3.8, 4) is 5.75 Å². The maximum absolute atomic E-state index is 5.93.